The molecule has 0 bridgehead atoms. The molecule has 0 aliphatic carbocycles. The number of rotatable bonds is 1. The molecule has 1 aromatic rings. The standard InChI is InChI=1S/C5H3BrO2.C5H13N/c6-5-1-4(2-7)3-8-5;1-5(2,3)6-4/h1-3H;6H,1-4H3. The number of carbonyl (C=O) groups excluding carboxylic acids is 1. The molecule has 0 saturated carbocycles. The van der Waals surface area contributed by atoms with Gasteiger partial charge in [0.15, 0.2) is 11.0 Å². The first kappa shape index (κ1) is 13.4. The van der Waals surface area contributed by atoms with Gasteiger partial charge in [0.25, 0.3) is 0 Å². The molecule has 14 heavy (non-hydrogen) atoms. The highest BCUT2D eigenvalue weighted by atomic mass is 79.9. The van der Waals surface area contributed by atoms with Crippen molar-refractivity contribution in [2.45, 2.75) is 26.3 Å². The molecule has 0 fully saturated rings. The van der Waals surface area contributed by atoms with E-state index in [9.17, 15) is 4.79 Å². The first-order valence-corrected chi connectivity index (χ1v) is 5.06. The van der Waals surface area contributed by atoms with Crippen LogP contribution in [0.3, 0.4) is 0 Å². The lowest BCUT2D eigenvalue weighted by atomic mass is 10.1. The third kappa shape index (κ3) is 6.86. The molecule has 80 valence electrons. The Labute approximate surface area is 93.0 Å². The number of furan rings is 1. The minimum Gasteiger partial charge on any atom is -0.457 e. The molecule has 0 saturated heterocycles. The predicted molar refractivity (Wildman–Crippen MR) is 60.6 cm³/mol. The van der Waals surface area contributed by atoms with Gasteiger partial charge in [-0.2, -0.15) is 0 Å². The third-order valence-corrected chi connectivity index (χ3v) is 1.89. The van der Waals surface area contributed by atoms with Gasteiger partial charge in [0.1, 0.15) is 6.26 Å². The van der Waals surface area contributed by atoms with Crippen LogP contribution in [0.5, 0.6) is 0 Å². The smallest absolute Gasteiger partial charge is 0.169 e. The molecular weight excluding hydrogens is 246 g/mol. The molecule has 0 aromatic carbocycles. The summed E-state index contributed by atoms with van der Waals surface area (Å²) in [5, 5.41) is 3.10. The number of nitrogens with one attached hydrogen (secondary N) is 1. The van der Waals surface area contributed by atoms with Crippen molar-refractivity contribution in [2.24, 2.45) is 0 Å². The first-order valence-electron chi connectivity index (χ1n) is 4.27. The molecule has 0 radical (unpaired) electrons. The fourth-order valence-corrected chi connectivity index (χ4v) is 0.743. The van der Waals surface area contributed by atoms with Crippen molar-refractivity contribution in [1.82, 2.24) is 5.32 Å². The number of carbonyl (C=O) groups is 1. The zero-order valence-corrected chi connectivity index (χ0v) is 10.5. The summed E-state index contributed by atoms with van der Waals surface area (Å²) in [6, 6.07) is 1.60. The van der Waals surface area contributed by atoms with E-state index >= 15 is 0 Å². The molecule has 0 amide bonds. The molecule has 3 nitrogen and oxygen atoms in total. The molecule has 1 aromatic heterocycles. The quantitative estimate of drug-likeness (QED) is 0.791. The maximum atomic E-state index is 9.94. The molecule has 0 aliphatic heterocycles. The van der Waals surface area contributed by atoms with E-state index in [1.165, 1.54) is 6.26 Å². The van der Waals surface area contributed by atoms with E-state index in [0.29, 0.717) is 15.8 Å². The summed E-state index contributed by atoms with van der Waals surface area (Å²) in [6.45, 7) is 6.40. The van der Waals surface area contributed by atoms with Crippen LogP contribution in [0.15, 0.2) is 21.4 Å². The lowest BCUT2D eigenvalue weighted by Gasteiger charge is -2.15. The van der Waals surface area contributed by atoms with Crippen molar-refractivity contribution in [1.29, 1.82) is 0 Å². The molecule has 0 unspecified atom stereocenters. The number of aldehydes is 1. The number of hydrogen-bond donors (Lipinski definition) is 1. The van der Waals surface area contributed by atoms with Crippen LogP contribution in [0.2, 0.25) is 0 Å². The van der Waals surface area contributed by atoms with Gasteiger partial charge in [-0.15, -0.1) is 0 Å². The Morgan fingerprint density at radius 1 is 1.50 bits per heavy atom. The maximum Gasteiger partial charge on any atom is 0.169 e. The van der Waals surface area contributed by atoms with Crippen LogP contribution in [0.1, 0.15) is 31.1 Å². The Bertz CT molecular complexity index is 276. The average Bonchev–Trinajstić information content (AvgIpc) is 2.51. The van der Waals surface area contributed by atoms with Gasteiger partial charge in [-0.05, 0) is 43.7 Å². The molecular formula is C10H16BrNO2. The van der Waals surface area contributed by atoms with Crippen LogP contribution >= 0.6 is 15.9 Å². The highest BCUT2D eigenvalue weighted by Gasteiger charge is 2.01. The Kier molecular flexibility index (Phi) is 5.72. The van der Waals surface area contributed by atoms with Gasteiger partial charge >= 0.3 is 0 Å². The van der Waals surface area contributed by atoms with Gasteiger partial charge < -0.3 is 9.73 Å². The second-order valence-corrected chi connectivity index (χ2v) is 4.58. The fraction of sp³-hybridized carbons (Fsp3) is 0.500. The van der Waals surface area contributed by atoms with Crippen molar-refractivity contribution < 1.29 is 9.21 Å². The SMILES string of the molecule is CNC(C)(C)C.O=Cc1coc(Br)c1. The van der Waals surface area contributed by atoms with Crippen LogP contribution < -0.4 is 5.32 Å². The van der Waals surface area contributed by atoms with Gasteiger partial charge in [0.2, 0.25) is 0 Å². The molecule has 0 atom stereocenters. The van der Waals surface area contributed by atoms with E-state index in [1.54, 1.807) is 6.07 Å². The van der Waals surface area contributed by atoms with E-state index in [4.69, 9.17) is 4.42 Å². The molecule has 0 spiro atoms. The molecule has 1 rings (SSSR count). The second kappa shape index (κ2) is 5.98. The second-order valence-electron chi connectivity index (χ2n) is 3.80. The zero-order valence-electron chi connectivity index (χ0n) is 8.93. The van der Waals surface area contributed by atoms with Gasteiger partial charge in [-0.3, -0.25) is 4.79 Å². The van der Waals surface area contributed by atoms with E-state index in [0.717, 1.165) is 6.29 Å². The van der Waals surface area contributed by atoms with Gasteiger partial charge in [-0.25, -0.2) is 0 Å². The summed E-state index contributed by atoms with van der Waals surface area (Å²) in [5.41, 5.74) is 0.844. The van der Waals surface area contributed by atoms with Crippen LogP contribution in [-0.2, 0) is 0 Å². The molecule has 1 heterocycles. The summed E-state index contributed by atoms with van der Waals surface area (Å²) in [6.07, 6.45) is 2.12. The molecule has 1 N–H and O–H groups in total. The van der Waals surface area contributed by atoms with Crippen molar-refractivity contribution in [3.05, 3.63) is 22.6 Å². The minimum absolute atomic E-state index is 0.292. The van der Waals surface area contributed by atoms with Crippen LogP contribution in [-0.4, -0.2) is 18.9 Å². The largest absolute Gasteiger partial charge is 0.457 e. The van der Waals surface area contributed by atoms with E-state index in [2.05, 4.69) is 42.0 Å². The van der Waals surface area contributed by atoms with Gasteiger partial charge in [0, 0.05) is 11.6 Å². The minimum atomic E-state index is 0.292. The van der Waals surface area contributed by atoms with Gasteiger partial charge in [0.05, 0.1) is 5.56 Å². The van der Waals surface area contributed by atoms with Crippen molar-refractivity contribution >= 4 is 22.2 Å². The monoisotopic (exact) mass is 261 g/mol. The van der Waals surface area contributed by atoms with Crippen LogP contribution in [0.25, 0.3) is 0 Å². The number of halogens is 1. The Morgan fingerprint density at radius 2 is 2.00 bits per heavy atom. The normalized spacial score (nSPS) is 10.4. The summed E-state index contributed by atoms with van der Waals surface area (Å²) >= 11 is 3.05. The zero-order chi connectivity index (χ0) is 11.2. The number of hydrogen-bond acceptors (Lipinski definition) is 3. The van der Waals surface area contributed by atoms with Crippen LogP contribution in [0, 0.1) is 0 Å². The van der Waals surface area contributed by atoms with Crippen molar-refractivity contribution in [3.8, 4) is 0 Å². The topological polar surface area (TPSA) is 42.2 Å². The maximum absolute atomic E-state index is 9.94. The summed E-state index contributed by atoms with van der Waals surface area (Å²) in [4.78, 5) is 9.94. The predicted octanol–water partition coefficient (Wildman–Crippen LogP) is 2.86. The van der Waals surface area contributed by atoms with Crippen molar-refractivity contribution in [2.75, 3.05) is 7.05 Å². The first-order chi connectivity index (χ1) is 6.39. The average molecular weight is 262 g/mol. The van der Waals surface area contributed by atoms with Gasteiger partial charge in [-0.1, -0.05) is 0 Å². The summed E-state index contributed by atoms with van der Waals surface area (Å²) in [5.74, 6) is 0. The highest BCUT2D eigenvalue weighted by molar-refractivity contribution is 9.10. The lowest BCUT2D eigenvalue weighted by Crippen LogP contribution is -2.31. The molecule has 4 heteroatoms. The molecule has 0 aliphatic rings. The Balaban J connectivity index is 0.000000255. The highest BCUT2D eigenvalue weighted by Crippen LogP contribution is 2.11. The van der Waals surface area contributed by atoms with E-state index in [-0.39, 0.29) is 0 Å². The van der Waals surface area contributed by atoms with Crippen LogP contribution in [0.4, 0.5) is 0 Å². The Morgan fingerprint density at radius 3 is 2.14 bits per heavy atom. The lowest BCUT2D eigenvalue weighted by molar-refractivity contribution is 0.112. The third-order valence-electron chi connectivity index (χ3n) is 1.47. The Hall–Kier alpha value is -0.610. The summed E-state index contributed by atoms with van der Waals surface area (Å²) in [7, 11) is 1.96. The van der Waals surface area contributed by atoms with E-state index in [1.807, 2.05) is 7.05 Å². The van der Waals surface area contributed by atoms with E-state index < -0.39 is 0 Å². The fourth-order valence-electron chi connectivity index (χ4n) is 0.385. The van der Waals surface area contributed by atoms with Crippen molar-refractivity contribution in [3.63, 3.8) is 0 Å². The summed E-state index contributed by atoms with van der Waals surface area (Å²) < 4.78 is 5.32.